The first kappa shape index (κ1) is 19.7. The molecule has 1 aromatic rings. The second-order valence-corrected chi connectivity index (χ2v) is 6.76. The molecule has 1 saturated heterocycles. The minimum absolute atomic E-state index is 0.306. The highest BCUT2D eigenvalue weighted by Gasteiger charge is 2.17. The molecule has 1 aliphatic heterocycles. The van der Waals surface area contributed by atoms with Crippen molar-refractivity contribution >= 4 is 5.91 Å². The summed E-state index contributed by atoms with van der Waals surface area (Å²) in [6, 6.07) is 8.77. The summed E-state index contributed by atoms with van der Waals surface area (Å²) < 4.78 is 5.22. The highest BCUT2D eigenvalue weighted by Crippen LogP contribution is 2.15. The van der Waals surface area contributed by atoms with Crippen molar-refractivity contribution in [2.75, 3.05) is 46.4 Å². The summed E-state index contributed by atoms with van der Waals surface area (Å²) in [6.45, 7) is 10.0. The lowest BCUT2D eigenvalue weighted by Crippen LogP contribution is -2.46. The SMILES string of the molecule is CCN(CCCC(=O)N1CCNCC1)[C@@H](C)Cc1ccc(OC)cc1. The average Bonchev–Trinajstić information content (AvgIpc) is 2.66. The van der Waals surface area contributed by atoms with Crippen LogP contribution in [0.15, 0.2) is 24.3 Å². The van der Waals surface area contributed by atoms with E-state index in [4.69, 9.17) is 4.74 Å². The molecule has 0 radical (unpaired) electrons. The lowest BCUT2D eigenvalue weighted by Gasteiger charge is -2.30. The summed E-state index contributed by atoms with van der Waals surface area (Å²) in [6.07, 6.45) is 2.61. The summed E-state index contributed by atoms with van der Waals surface area (Å²) in [5.41, 5.74) is 1.32. The Morgan fingerprint density at radius 1 is 1.28 bits per heavy atom. The minimum Gasteiger partial charge on any atom is -0.497 e. The lowest BCUT2D eigenvalue weighted by atomic mass is 10.1. The number of carbonyl (C=O) groups excluding carboxylic acids is 1. The van der Waals surface area contributed by atoms with Gasteiger partial charge in [0.2, 0.25) is 5.91 Å². The quantitative estimate of drug-likeness (QED) is 0.743. The van der Waals surface area contributed by atoms with E-state index in [-0.39, 0.29) is 0 Å². The Bertz CT molecular complexity index is 512. The molecule has 1 amide bonds. The molecule has 5 nitrogen and oxygen atoms in total. The van der Waals surface area contributed by atoms with Crippen LogP contribution in [-0.4, -0.2) is 68.1 Å². The number of piperazine rings is 1. The molecular weight excluding hydrogens is 314 g/mol. The van der Waals surface area contributed by atoms with Gasteiger partial charge in [0, 0.05) is 38.6 Å². The zero-order valence-corrected chi connectivity index (χ0v) is 16.0. The molecule has 140 valence electrons. The minimum atomic E-state index is 0.306. The molecule has 0 aromatic heterocycles. The van der Waals surface area contributed by atoms with Crippen LogP contribution >= 0.6 is 0 Å². The predicted octanol–water partition coefficient (Wildman–Crippen LogP) is 2.16. The fraction of sp³-hybridized carbons (Fsp3) is 0.650. The fourth-order valence-electron chi connectivity index (χ4n) is 3.43. The van der Waals surface area contributed by atoms with E-state index in [9.17, 15) is 4.79 Å². The van der Waals surface area contributed by atoms with E-state index in [1.54, 1.807) is 7.11 Å². The van der Waals surface area contributed by atoms with Gasteiger partial charge in [-0.2, -0.15) is 0 Å². The van der Waals surface area contributed by atoms with Crippen LogP contribution in [-0.2, 0) is 11.2 Å². The van der Waals surface area contributed by atoms with Gasteiger partial charge in [-0.15, -0.1) is 0 Å². The third-order valence-corrected chi connectivity index (χ3v) is 5.03. The Kier molecular flexibility index (Phi) is 8.22. The topological polar surface area (TPSA) is 44.8 Å². The molecule has 0 saturated carbocycles. The summed E-state index contributed by atoms with van der Waals surface area (Å²) >= 11 is 0. The van der Waals surface area contributed by atoms with Crippen molar-refractivity contribution in [2.24, 2.45) is 0 Å². The number of likely N-dealkylation sites (N-methyl/N-ethyl adjacent to an activating group) is 1. The molecular formula is C20H33N3O2. The Labute approximate surface area is 152 Å². The maximum absolute atomic E-state index is 12.3. The van der Waals surface area contributed by atoms with Crippen LogP contribution in [0.3, 0.4) is 0 Å². The molecule has 5 heteroatoms. The highest BCUT2D eigenvalue weighted by molar-refractivity contribution is 5.76. The van der Waals surface area contributed by atoms with Crippen molar-refractivity contribution in [3.8, 4) is 5.75 Å². The van der Waals surface area contributed by atoms with Gasteiger partial charge in [0.15, 0.2) is 0 Å². The van der Waals surface area contributed by atoms with E-state index >= 15 is 0 Å². The molecule has 0 unspecified atom stereocenters. The van der Waals surface area contributed by atoms with E-state index < -0.39 is 0 Å². The third kappa shape index (κ3) is 6.33. The van der Waals surface area contributed by atoms with Crippen molar-refractivity contribution in [1.29, 1.82) is 0 Å². The van der Waals surface area contributed by atoms with Gasteiger partial charge < -0.3 is 19.9 Å². The number of rotatable bonds is 9. The molecule has 0 bridgehead atoms. The van der Waals surface area contributed by atoms with Gasteiger partial charge in [-0.1, -0.05) is 19.1 Å². The summed E-state index contributed by atoms with van der Waals surface area (Å²) in [7, 11) is 1.69. The first-order valence-corrected chi connectivity index (χ1v) is 9.49. The number of carbonyl (C=O) groups is 1. The maximum Gasteiger partial charge on any atom is 0.222 e. The number of nitrogens with zero attached hydrogens (tertiary/aromatic N) is 2. The fourth-order valence-corrected chi connectivity index (χ4v) is 3.43. The molecule has 1 aliphatic rings. The van der Waals surface area contributed by atoms with Gasteiger partial charge >= 0.3 is 0 Å². The smallest absolute Gasteiger partial charge is 0.222 e. The normalized spacial score (nSPS) is 16.1. The predicted molar refractivity (Wildman–Crippen MR) is 102 cm³/mol. The van der Waals surface area contributed by atoms with Gasteiger partial charge in [0.05, 0.1) is 7.11 Å². The summed E-state index contributed by atoms with van der Waals surface area (Å²) in [4.78, 5) is 16.7. The van der Waals surface area contributed by atoms with Crippen LogP contribution in [0.25, 0.3) is 0 Å². The lowest BCUT2D eigenvalue weighted by molar-refractivity contribution is -0.131. The monoisotopic (exact) mass is 347 g/mol. The third-order valence-electron chi connectivity index (χ3n) is 5.03. The number of ether oxygens (including phenoxy) is 1. The van der Waals surface area contributed by atoms with Crippen LogP contribution in [0, 0.1) is 0 Å². The van der Waals surface area contributed by atoms with Crippen LogP contribution < -0.4 is 10.1 Å². The van der Waals surface area contributed by atoms with E-state index in [2.05, 4.69) is 36.2 Å². The van der Waals surface area contributed by atoms with Crippen molar-refractivity contribution in [3.05, 3.63) is 29.8 Å². The highest BCUT2D eigenvalue weighted by atomic mass is 16.5. The van der Waals surface area contributed by atoms with Crippen LogP contribution in [0.5, 0.6) is 5.75 Å². The van der Waals surface area contributed by atoms with E-state index in [0.29, 0.717) is 18.4 Å². The average molecular weight is 348 g/mol. The molecule has 1 fully saturated rings. The van der Waals surface area contributed by atoms with Gasteiger partial charge in [-0.05, 0) is 50.6 Å². The van der Waals surface area contributed by atoms with Crippen molar-refractivity contribution in [2.45, 2.75) is 39.2 Å². The molecule has 1 heterocycles. The number of methoxy groups -OCH3 is 1. The van der Waals surface area contributed by atoms with Gasteiger partial charge in [0.25, 0.3) is 0 Å². The zero-order valence-electron chi connectivity index (χ0n) is 16.0. The molecule has 1 aromatic carbocycles. The molecule has 1 N–H and O–H groups in total. The number of hydrogen-bond donors (Lipinski definition) is 1. The molecule has 0 spiro atoms. The second-order valence-electron chi connectivity index (χ2n) is 6.76. The Morgan fingerprint density at radius 2 is 1.96 bits per heavy atom. The number of amides is 1. The van der Waals surface area contributed by atoms with Crippen molar-refractivity contribution in [3.63, 3.8) is 0 Å². The molecule has 1 atom stereocenters. The van der Waals surface area contributed by atoms with E-state index in [1.165, 1.54) is 5.56 Å². The Balaban J connectivity index is 1.74. The zero-order chi connectivity index (χ0) is 18.1. The van der Waals surface area contributed by atoms with E-state index in [1.807, 2.05) is 17.0 Å². The van der Waals surface area contributed by atoms with Crippen molar-refractivity contribution in [1.82, 2.24) is 15.1 Å². The van der Waals surface area contributed by atoms with Crippen LogP contribution in [0.4, 0.5) is 0 Å². The summed E-state index contributed by atoms with van der Waals surface area (Å²) in [5.74, 6) is 1.20. The van der Waals surface area contributed by atoms with Gasteiger partial charge in [-0.25, -0.2) is 0 Å². The summed E-state index contributed by atoms with van der Waals surface area (Å²) in [5, 5.41) is 3.29. The first-order chi connectivity index (χ1) is 12.1. The number of nitrogens with one attached hydrogen (secondary N) is 1. The standard InChI is InChI=1S/C20H33N3O2/c1-4-22(13-5-6-20(24)23-14-11-21-12-15-23)17(2)16-18-7-9-19(25-3)10-8-18/h7-10,17,21H,4-6,11-16H2,1-3H3/t17-/m0/s1. The number of benzene rings is 1. The molecule has 0 aliphatic carbocycles. The van der Waals surface area contributed by atoms with Crippen LogP contribution in [0.1, 0.15) is 32.3 Å². The second kappa shape index (κ2) is 10.4. The number of hydrogen-bond acceptors (Lipinski definition) is 4. The maximum atomic E-state index is 12.3. The van der Waals surface area contributed by atoms with Crippen molar-refractivity contribution < 1.29 is 9.53 Å². The first-order valence-electron chi connectivity index (χ1n) is 9.49. The Hall–Kier alpha value is -1.59. The van der Waals surface area contributed by atoms with Gasteiger partial charge in [0.1, 0.15) is 5.75 Å². The van der Waals surface area contributed by atoms with Gasteiger partial charge in [-0.3, -0.25) is 4.79 Å². The Morgan fingerprint density at radius 3 is 2.56 bits per heavy atom. The molecule has 2 rings (SSSR count). The molecule has 25 heavy (non-hydrogen) atoms. The van der Waals surface area contributed by atoms with E-state index in [0.717, 1.165) is 57.9 Å². The van der Waals surface area contributed by atoms with Crippen LogP contribution in [0.2, 0.25) is 0 Å². The largest absolute Gasteiger partial charge is 0.497 e.